The molecule has 0 fully saturated rings. The molecule has 0 aliphatic heterocycles. The summed E-state index contributed by atoms with van der Waals surface area (Å²) < 4.78 is 6.87. The van der Waals surface area contributed by atoms with E-state index in [1.807, 2.05) is 57.2 Å². The van der Waals surface area contributed by atoms with Crippen molar-refractivity contribution in [3.05, 3.63) is 79.5 Å². The van der Waals surface area contributed by atoms with Crippen LogP contribution in [0.5, 0.6) is 5.75 Å². The van der Waals surface area contributed by atoms with Crippen molar-refractivity contribution in [2.75, 3.05) is 0 Å². The molecule has 1 aromatic carbocycles. The minimum absolute atomic E-state index is 0.0211. The van der Waals surface area contributed by atoms with Gasteiger partial charge in [0.05, 0.1) is 9.20 Å². The van der Waals surface area contributed by atoms with E-state index in [1.54, 1.807) is 18.5 Å². The number of rotatable bonds is 5. The molecule has 2 heterocycles. The Morgan fingerprint density at radius 3 is 2.46 bits per heavy atom. The first kappa shape index (κ1) is 19.8. The van der Waals surface area contributed by atoms with E-state index in [4.69, 9.17) is 4.74 Å². The molecule has 0 radical (unpaired) electrons. The largest absolute Gasteiger partial charge is 0.489 e. The quantitative estimate of drug-likeness (QED) is 0.722. The highest BCUT2D eigenvalue weighted by Gasteiger charge is 2.18. The molecule has 0 bridgehead atoms. The fraction of sp³-hybridized carbons (Fsp3) is 0.227. The van der Waals surface area contributed by atoms with Gasteiger partial charge in [-0.3, -0.25) is 14.6 Å². The van der Waals surface area contributed by atoms with Crippen molar-refractivity contribution in [1.29, 1.82) is 0 Å². The van der Waals surface area contributed by atoms with Gasteiger partial charge in [-0.15, -0.1) is 11.3 Å². The van der Waals surface area contributed by atoms with Crippen LogP contribution in [-0.2, 0) is 11.4 Å². The van der Waals surface area contributed by atoms with Gasteiger partial charge in [-0.25, -0.2) is 0 Å². The second-order valence-electron chi connectivity index (χ2n) is 7.40. The van der Waals surface area contributed by atoms with Crippen molar-refractivity contribution < 1.29 is 9.53 Å². The predicted molar refractivity (Wildman–Crippen MR) is 112 cm³/mol. The Labute approximate surface area is 167 Å². The Bertz CT molecular complexity index is 1120. The fourth-order valence-corrected chi connectivity index (χ4v) is 3.20. The zero-order chi connectivity index (χ0) is 20.1. The number of hydrogen-bond donors (Lipinski definition) is 1. The number of aromatic nitrogens is 2. The normalized spacial score (nSPS) is 13.0. The summed E-state index contributed by atoms with van der Waals surface area (Å²) in [7, 11) is 0. The van der Waals surface area contributed by atoms with Crippen molar-refractivity contribution in [2.45, 2.75) is 27.4 Å². The summed E-state index contributed by atoms with van der Waals surface area (Å²) in [6.45, 7) is 6.02. The van der Waals surface area contributed by atoms with Gasteiger partial charge in [-0.2, -0.15) is 0 Å². The Morgan fingerprint density at radius 2 is 1.82 bits per heavy atom. The monoisotopic (exact) mass is 394 g/mol. The number of nitrogens with zero attached hydrogens (tertiary/aromatic N) is 1. The SMILES string of the molecule is CC(C)(C)C(=O)/C=c1\[nH]c(=O)/c(=C\c2ccc(OCc3ccncc3)cc2)s1. The molecular weight excluding hydrogens is 372 g/mol. The van der Waals surface area contributed by atoms with Crippen molar-refractivity contribution in [3.8, 4) is 5.75 Å². The van der Waals surface area contributed by atoms with E-state index < -0.39 is 5.41 Å². The van der Waals surface area contributed by atoms with Gasteiger partial charge in [0.25, 0.3) is 5.56 Å². The van der Waals surface area contributed by atoms with Crippen LogP contribution >= 0.6 is 11.3 Å². The Kier molecular flexibility index (Phi) is 5.90. The highest BCUT2D eigenvalue weighted by molar-refractivity contribution is 7.07. The second-order valence-corrected chi connectivity index (χ2v) is 8.48. The van der Waals surface area contributed by atoms with Crippen molar-refractivity contribution in [2.24, 2.45) is 5.41 Å². The Morgan fingerprint density at radius 1 is 1.14 bits per heavy atom. The van der Waals surface area contributed by atoms with Crippen LogP contribution in [-0.4, -0.2) is 15.8 Å². The van der Waals surface area contributed by atoms with Crippen LogP contribution in [0.15, 0.2) is 53.6 Å². The lowest BCUT2D eigenvalue weighted by molar-refractivity contribution is -0.119. The average Bonchev–Trinajstić information content (AvgIpc) is 3.00. The first-order chi connectivity index (χ1) is 13.3. The van der Waals surface area contributed by atoms with Gasteiger partial charge in [0.1, 0.15) is 12.4 Å². The molecule has 5 nitrogen and oxygen atoms in total. The number of ether oxygens (including phenoxy) is 1. The van der Waals surface area contributed by atoms with Crippen LogP contribution in [0.25, 0.3) is 12.2 Å². The van der Waals surface area contributed by atoms with Gasteiger partial charge < -0.3 is 9.72 Å². The van der Waals surface area contributed by atoms with Crippen LogP contribution in [0.2, 0.25) is 0 Å². The topological polar surface area (TPSA) is 72.0 Å². The Balaban J connectivity index is 1.76. The van der Waals surface area contributed by atoms with Gasteiger partial charge in [-0.1, -0.05) is 32.9 Å². The summed E-state index contributed by atoms with van der Waals surface area (Å²) in [6, 6.07) is 11.3. The molecule has 144 valence electrons. The zero-order valence-corrected chi connectivity index (χ0v) is 16.9. The Hall–Kier alpha value is -2.99. The molecule has 0 saturated heterocycles. The van der Waals surface area contributed by atoms with Gasteiger partial charge in [0, 0.05) is 23.9 Å². The predicted octanol–water partition coefficient (Wildman–Crippen LogP) is 2.63. The standard InChI is InChI=1S/C22H22N2O3S/c1-22(2,3)19(25)13-20-24-21(26)18(28-20)12-15-4-6-17(7-5-15)27-14-16-8-10-23-11-9-16/h4-13H,14H2,1-3H3,(H,24,26)/b18-12+,20-13+. The third-order valence-corrected chi connectivity index (χ3v) is 4.98. The molecular formula is C22H22N2O3S. The molecule has 3 rings (SSSR count). The number of carbonyl (C=O) groups is 1. The van der Waals surface area contributed by atoms with Crippen LogP contribution in [0.4, 0.5) is 0 Å². The number of H-pyrrole nitrogens is 1. The van der Waals surface area contributed by atoms with Gasteiger partial charge in [-0.05, 0) is 41.5 Å². The van der Waals surface area contributed by atoms with Gasteiger partial charge >= 0.3 is 0 Å². The van der Waals surface area contributed by atoms with Gasteiger partial charge in [0.15, 0.2) is 5.78 Å². The van der Waals surface area contributed by atoms with Crippen LogP contribution in [0, 0.1) is 5.41 Å². The van der Waals surface area contributed by atoms with E-state index >= 15 is 0 Å². The van der Waals surface area contributed by atoms with Crippen LogP contribution in [0.1, 0.15) is 31.9 Å². The third kappa shape index (κ3) is 5.27. The second kappa shape index (κ2) is 8.35. The number of aromatic amines is 1. The molecule has 0 atom stereocenters. The lowest BCUT2D eigenvalue weighted by Crippen LogP contribution is -2.22. The van der Waals surface area contributed by atoms with E-state index in [-0.39, 0.29) is 11.3 Å². The summed E-state index contributed by atoms with van der Waals surface area (Å²) in [6.07, 6.45) is 6.76. The lowest BCUT2D eigenvalue weighted by Gasteiger charge is -2.12. The summed E-state index contributed by atoms with van der Waals surface area (Å²) in [5.41, 5.74) is 1.26. The van der Waals surface area contributed by atoms with Crippen molar-refractivity contribution >= 4 is 29.3 Å². The summed E-state index contributed by atoms with van der Waals surface area (Å²) in [5, 5.41) is 0. The van der Waals surface area contributed by atoms with E-state index in [0.29, 0.717) is 15.8 Å². The first-order valence-electron chi connectivity index (χ1n) is 8.90. The molecule has 0 amide bonds. The van der Waals surface area contributed by atoms with E-state index in [0.717, 1.165) is 16.9 Å². The number of pyridine rings is 1. The maximum Gasteiger partial charge on any atom is 0.266 e. The summed E-state index contributed by atoms with van der Waals surface area (Å²) >= 11 is 1.27. The third-order valence-electron chi connectivity index (χ3n) is 4.01. The minimum Gasteiger partial charge on any atom is -0.489 e. The number of benzene rings is 1. The van der Waals surface area contributed by atoms with Crippen molar-refractivity contribution in [3.63, 3.8) is 0 Å². The molecule has 2 aromatic heterocycles. The lowest BCUT2D eigenvalue weighted by atomic mass is 9.91. The van der Waals surface area contributed by atoms with E-state index in [1.165, 1.54) is 17.4 Å². The fourth-order valence-electron chi connectivity index (χ4n) is 2.32. The maximum absolute atomic E-state index is 12.2. The highest BCUT2D eigenvalue weighted by Crippen LogP contribution is 2.15. The highest BCUT2D eigenvalue weighted by atomic mass is 32.1. The zero-order valence-electron chi connectivity index (χ0n) is 16.1. The molecule has 6 heteroatoms. The first-order valence-corrected chi connectivity index (χ1v) is 9.72. The molecule has 28 heavy (non-hydrogen) atoms. The minimum atomic E-state index is -0.475. The van der Waals surface area contributed by atoms with Gasteiger partial charge in [0.2, 0.25) is 0 Å². The molecule has 0 unspecified atom stereocenters. The van der Waals surface area contributed by atoms with Crippen LogP contribution < -0.4 is 19.5 Å². The van der Waals surface area contributed by atoms with E-state index in [2.05, 4.69) is 9.97 Å². The van der Waals surface area contributed by atoms with Crippen molar-refractivity contribution in [1.82, 2.24) is 9.97 Å². The molecule has 0 saturated carbocycles. The molecule has 1 N–H and O–H groups in total. The molecule has 0 spiro atoms. The van der Waals surface area contributed by atoms with Crippen LogP contribution in [0.3, 0.4) is 0 Å². The number of Topliss-reactive ketones (excluding diaryl/α,β-unsaturated/α-hetero) is 1. The number of nitrogens with one attached hydrogen (secondary N) is 1. The molecule has 3 aromatic rings. The number of carbonyl (C=O) groups excluding carboxylic acids is 1. The number of thiazole rings is 1. The summed E-state index contributed by atoms with van der Waals surface area (Å²) in [4.78, 5) is 31.0. The smallest absolute Gasteiger partial charge is 0.266 e. The number of hydrogen-bond acceptors (Lipinski definition) is 5. The summed E-state index contributed by atoms with van der Waals surface area (Å²) in [5.74, 6) is 0.728. The van der Waals surface area contributed by atoms with E-state index in [9.17, 15) is 9.59 Å². The maximum atomic E-state index is 12.2. The number of ketones is 1. The molecule has 0 aliphatic rings. The molecule has 0 aliphatic carbocycles. The average molecular weight is 394 g/mol.